The van der Waals surface area contributed by atoms with Crippen LogP contribution in [0.5, 0.6) is 11.5 Å². The Labute approximate surface area is 143 Å². The van der Waals surface area contributed by atoms with E-state index in [2.05, 4.69) is 0 Å². The Hall–Kier alpha value is -1.46. The summed E-state index contributed by atoms with van der Waals surface area (Å²) in [5, 5.41) is 0. The van der Waals surface area contributed by atoms with Crippen molar-refractivity contribution < 1.29 is 14.3 Å². The third kappa shape index (κ3) is 3.90. The number of ether oxygens (including phenoxy) is 2. The minimum absolute atomic E-state index is 0. The van der Waals surface area contributed by atoms with Crippen LogP contribution in [0, 0.1) is 11.8 Å². The zero-order valence-electron chi connectivity index (χ0n) is 13.4. The maximum Gasteiger partial charge on any atom is 0.225 e. The van der Waals surface area contributed by atoms with Crippen LogP contribution in [-0.4, -0.2) is 43.7 Å². The van der Waals surface area contributed by atoms with Gasteiger partial charge < -0.3 is 20.1 Å². The van der Waals surface area contributed by atoms with E-state index < -0.39 is 0 Å². The summed E-state index contributed by atoms with van der Waals surface area (Å²) in [6.07, 6.45) is 3.00. The van der Waals surface area contributed by atoms with Crippen LogP contribution in [0.2, 0.25) is 0 Å². The van der Waals surface area contributed by atoms with Gasteiger partial charge in [0.1, 0.15) is 6.61 Å². The molecule has 128 valence electrons. The highest BCUT2D eigenvalue weighted by molar-refractivity contribution is 5.85. The highest BCUT2D eigenvalue weighted by Gasteiger charge is 2.34. The minimum atomic E-state index is -0.124. The molecule has 23 heavy (non-hydrogen) atoms. The van der Waals surface area contributed by atoms with Gasteiger partial charge in [-0.3, -0.25) is 4.79 Å². The summed E-state index contributed by atoms with van der Waals surface area (Å²) in [7, 11) is 1.85. The number of carbonyl (C=O) groups is 1. The fourth-order valence-electron chi connectivity index (χ4n) is 3.48. The van der Waals surface area contributed by atoms with Crippen LogP contribution in [0.25, 0.3) is 0 Å². The average molecular weight is 341 g/mol. The molecule has 0 bridgehead atoms. The normalized spacial score (nSPS) is 25.6. The topological polar surface area (TPSA) is 64.8 Å². The van der Waals surface area contributed by atoms with Crippen molar-refractivity contribution in [3.63, 3.8) is 0 Å². The van der Waals surface area contributed by atoms with Gasteiger partial charge in [0.25, 0.3) is 0 Å². The molecular formula is C17H25ClN2O3. The van der Waals surface area contributed by atoms with E-state index in [9.17, 15) is 4.79 Å². The van der Waals surface area contributed by atoms with Gasteiger partial charge in [-0.1, -0.05) is 18.6 Å². The average Bonchev–Trinajstić information content (AvgIpc) is 3.02. The Bertz CT molecular complexity index is 540. The van der Waals surface area contributed by atoms with Gasteiger partial charge in [0.05, 0.1) is 6.54 Å². The lowest BCUT2D eigenvalue weighted by Crippen LogP contribution is -2.44. The lowest BCUT2D eigenvalue weighted by atomic mass is 9.95. The number of halogens is 1. The second-order valence-electron chi connectivity index (χ2n) is 6.25. The number of carbonyl (C=O) groups excluding carboxylic acids is 1. The fraction of sp³-hybridized carbons (Fsp3) is 0.588. The smallest absolute Gasteiger partial charge is 0.225 e. The molecule has 1 aromatic carbocycles. The first-order valence-electron chi connectivity index (χ1n) is 8.02. The molecule has 3 rings (SSSR count). The van der Waals surface area contributed by atoms with Crippen molar-refractivity contribution in [2.75, 3.05) is 26.7 Å². The van der Waals surface area contributed by atoms with Crippen LogP contribution in [-0.2, 0) is 4.79 Å². The first kappa shape index (κ1) is 17.9. The van der Waals surface area contributed by atoms with E-state index in [0.29, 0.717) is 25.6 Å². The van der Waals surface area contributed by atoms with Gasteiger partial charge in [-0.25, -0.2) is 0 Å². The number of nitrogens with zero attached hydrogens (tertiary/aromatic N) is 1. The van der Waals surface area contributed by atoms with Crippen LogP contribution in [0.4, 0.5) is 0 Å². The largest absolute Gasteiger partial charge is 0.486 e. The van der Waals surface area contributed by atoms with Gasteiger partial charge in [0.2, 0.25) is 5.91 Å². The first-order chi connectivity index (χ1) is 10.7. The van der Waals surface area contributed by atoms with E-state index in [0.717, 1.165) is 30.8 Å². The monoisotopic (exact) mass is 340 g/mol. The molecule has 3 atom stereocenters. The summed E-state index contributed by atoms with van der Waals surface area (Å²) in [4.78, 5) is 14.4. The molecule has 0 aromatic heterocycles. The summed E-state index contributed by atoms with van der Waals surface area (Å²) in [6, 6.07) is 7.63. The highest BCUT2D eigenvalue weighted by Crippen LogP contribution is 2.33. The van der Waals surface area contributed by atoms with Crippen molar-refractivity contribution in [1.29, 1.82) is 0 Å². The molecule has 1 aliphatic heterocycles. The van der Waals surface area contributed by atoms with Crippen molar-refractivity contribution in [3.05, 3.63) is 24.3 Å². The van der Waals surface area contributed by atoms with Gasteiger partial charge in [-0.15, -0.1) is 12.4 Å². The van der Waals surface area contributed by atoms with E-state index in [4.69, 9.17) is 15.2 Å². The quantitative estimate of drug-likeness (QED) is 0.911. The predicted octanol–water partition coefficient (Wildman–Crippen LogP) is 2.08. The zero-order chi connectivity index (χ0) is 15.5. The van der Waals surface area contributed by atoms with E-state index in [1.54, 1.807) is 4.90 Å². The summed E-state index contributed by atoms with van der Waals surface area (Å²) in [6.45, 7) is 1.61. The number of hydrogen-bond donors (Lipinski definition) is 1. The Morgan fingerprint density at radius 2 is 2.04 bits per heavy atom. The van der Waals surface area contributed by atoms with Crippen molar-refractivity contribution in [1.82, 2.24) is 4.90 Å². The Balaban J connectivity index is 0.00000192. The molecule has 5 nitrogen and oxygen atoms in total. The summed E-state index contributed by atoms with van der Waals surface area (Å²) < 4.78 is 11.6. The number of benzene rings is 1. The van der Waals surface area contributed by atoms with Gasteiger partial charge in [-0.05, 0) is 37.4 Å². The molecule has 0 saturated heterocycles. The molecule has 2 N–H and O–H groups in total. The zero-order valence-corrected chi connectivity index (χ0v) is 14.3. The number of para-hydroxylation sites is 2. The second-order valence-corrected chi connectivity index (χ2v) is 6.25. The Morgan fingerprint density at radius 3 is 2.78 bits per heavy atom. The number of rotatable bonds is 4. The predicted molar refractivity (Wildman–Crippen MR) is 91.1 cm³/mol. The maximum atomic E-state index is 12.6. The molecule has 1 heterocycles. The standard InChI is InChI=1S/C17H24N2O3.ClH/c1-19(17(20)14-6-4-5-12(14)9-18)10-13-11-21-15-7-2-3-8-16(15)22-13;/h2-3,7-8,12-14H,4-6,9-11,18H2,1H3;1H/t12-,13?,14-;/m1./s1. The fourth-order valence-corrected chi connectivity index (χ4v) is 3.48. The van der Waals surface area contributed by atoms with Crippen LogP contribution >= 0.6 is 12.4 Å². The molecule has 0 radical (unpaired) electrons. The number of fused-ring (bicyclic) bond motifs is 1. The van der Waals surface area contributed by atoms with E-state index >= 15 is 0 Å². The lowest BCUT2D eigenvalue weighted by molar-refractivity contribution is -0.136. The van der Waals surface area contributed by atoms with E-state index in [1.165, 1.54) is 0 Å². The van der Waals surface area contributed by atoms with Gasteiger partial charge >= 0.3 is 0 Å². The van der Waals surface area contributed by atoms with E-state index in [-0.39, 0.29) is 30.3 Å². The lowest BCUT2D eigenvalue weighted by Gasteiger charge is -2.31. The number of hydrogen-bond acceptors (Lipinski definition) is 4. The van der Waals surface area contributed by atoms with Crippen LogP contribution in [0.3, 0.4) is 0 Å². The van der Waals surface area contributed by atoms with Crippen molar-refractivity contribution in [2.24, 2.45) is 17.6 Å². The van der Waals surface area contributed by atoms with Crippen molar-refractivity contribution in [2.45, 2.75) is 25.4 Å². The molecule has 1 aliphatic carbocycles. The van der Waals surface area contributed by atoms with Crippen molar-refractivity contribution >= 4 is 18.3 Å². The minimum Gasteiger partial charge on any atom is -0.486 e. The molecule has 0 spiro atoms. The first-order valence-corrected chi connectivity index (χ1v) is 8.02. The van der Waals surface area contributed by atoms with Crippen LogP contribution in [0.1, 0.15) is 19.3 Å². The van der Waals surface area contributed by atoms with Gasteiger partial charge in [0.15, 0.2) is 17.6 Å². The van der Waals surface area contributed by atoms with Gasteiger partial charge in [0, 0.05) is 13.0 Å². The third-order valence-corrected chi connectivity index (χ3v) is 4.70. The molecule has 1 fully saturated rings. The highest BCUT2D eigenvalue weighted by atomic mass is 35.5. The van der Waals surface area contributed by atoms with Crippen molar-refractivity contribution in [3.8, 4) is 11.5 Å². The molecule has 6 heteroatoms. The summed E-state index contributed by atoms with van der Waals surface area (Å²) in [5.74, 6) is 2.12. The maximum absolute atomic E-state index is 12.6. The SMILES string of the molecule is CN(CC1COc2ccccc2O1)C(=O)[C@@H]1CCC[C@@H]1CN.Cl. The van der Waals surface area contributed by atoms with Crippen LogP contribution in [0.15, 0.2) is 24.3 Å². The third-order valence-electron chi connectivity index (χ3n) is 4.70. The molecule has 1 saturated carbocycles. The summed E-state index contributed by atoms with van der Waals surface area (Å²) >= 11 is 0. The number of likely N-dealkylation sites (N-methyl/N-ethyl adjacent to an activating group) is 1. The molecule has 2 aliphatic rings. The Morgan fingerprint density at radius 1 is 1.30 bits per heavy atom. The molecule has 1 aromatic rings. The van der Waals surface area contributed by atoms with Gasteiger partial charge in [-0.2, -0.15) is 0 Å². The number of nitrogens with two attached hydrogens (primary N) is 1. The van der Waals surface area contributed by atoms with Crippen LogP contribution < -0.4 is 15.2 Å². The Kier molecular flexibility index (Phi) is 6.13. The molecule has 1 unspecified atom stereocenters. The molecular weight excluding hydrogens is 316 g/mol. The number of amides is 1. The molecule has 1 amide bonds. The summed E-state index contributed by atoms with van der Waals surface area (Å²) in [5.41, 5.74) is 5.78. The van der Waals surface area contributed by atoms with E-state index in [1.807, 2.05) is 31.3 Å². The second kappa shape index (κ2) is 7.88.